The van der Waals surface area contributed by atoms with Crippen LogP contribution >= 0.6 is 0 Å². The Morgan fingerprint density at radius 1 is 1.62 bits per heavy atom. The van der Waals surface area contributed by atoms with Gasteiger partial charge in [0.15, 0.2) is 5.69 Å². The highest BCUT2D eigenvalue weighted by Gasteiger charge is 2.32. The molecule has 0 saturated heterocycles. The third kappa shape index (κ3) is 2.21. The van der Waals surface area contributed by atoms with Crippen LogP contribution in [0, 0.1) is 12.8 Å². The molecule has 1 N–H and O–H groups in total. The Morgan fingerprint density at radius 3 is 2.81 bits per heavy atom. The highest BCUT2D eigenvalue weighted by atomic mass is 16.6. The minimum Gasteiger partial charge on any atom is -0.391 e. The Kier molecular flexibility index (Phi) is 2.91. The molecule has 1 amide bonds. The Bertz CT molecular complexity index is 386. The lowest BCUT2D eigenvalue weighted by molar-refractivity contribution is 0.0635. The van der Waals surface area contributed by atoms with Crippen LogP contribution < -0.4 is 0 Å². The van der Waals surface area contributed by atoms with E-state index in [9.17, 15) is 9.90 Å². The maximum absolute atomic E-state index is 11.9. The molecule has 2 rings (SSSR count). The summed E-state index contributed by atoms with van der Waals surface area (Å²) in [6.45, 7) is 1.99. The monoisotopic (exact) mass is 225 g/mol. The zero-order valence-electron chi connectivity index (χ0n) is 9.38. The second-order valence-electron chi connectivity index (χ2n) is 4.29. The Labute approximate surface area is 93.2 Å². The van der Waals surface area contributed by atoms with Gasteiger partial charge in [-0.25, -0.2) is 4.63 Å². The molecule has 1 aromatic rings. The zero-order valence-corrected chi connectivity index (χ0v) is 9.38. The van der Waals surface area contributed by atoms with Crippen molar-refractivity contribution in [2.45, 2.75) is 25.9 Å². The molecule has 1 fully saturated rings. The summed E-state index contributed by atoms with van der Waals surface area (Å²) in [4.78, 5) is 13.3. The molecule has 0 bridgehead atoms. The second-order valence-corrected chi connectivity index (χ2v) is 4.29. The molecule has 88 valence electrons. The molecule has 1 heterocycles. The quantitative estimate of drug-likeness (QED) is 0.793. The summed E-state index contributed by atoms with van der Waals surface area (Å²) in [6, 6.07) is 0. The molecule has 16 heavy (non-hydrogen) atoms. The number of carbonyl (C=O) groups excluding carboxylic acids is 1. The summed E-state index contributed by atoms with van der Waals surface area (Å²) in [6.07, 6.45) is 1.66. The third-order valence-corrected chi connectivity index (χ3v) is 2.83. The van der Waals surface area contributed by atoms with Crippen LogP contribution in [0.25, 0.3) is 0 Å². The normalized spacial score (nSPS) is 17.2. The number of hydrogen-bond donors (Lipinski definition) is 1. The van der Waals surface area contributed by atoms with Crippen molar-refractivity contribution in [2.75, 3.05) is 13.6 Å². The first-order chi connectivity index (χ1) is 7.59. The molecule has 0 aliphatic heterocycles. The molecule has 1 unspecified atom stereocenters. The first-order valence-electron chi connectivity index (χ1n) is 5.32. The van der Waals surface area contributed by atoms with Crippen molar-refractivity contribution in [1.29, 1.82) is 0 Å². The molecule has 1 aromatic heterocycles. The SMILES string of the molecule is Cc1nonc1C(=O)N(C)CC(O)C1CC1. The number of nitrogens with zero attached hydrogens (tertiary/aromatic N) is 3. The molecule has 6 nitrogen and oxygen atoms in total. The number of aliphatic hydroxyl groups excluding tert-OH is 1. The molecule has 6 heteroatoms. The van der Waals surface area contributed by atoms with E-state index in [4.69, 9.17) is 0 Å². The standard InChI is InChI=1S/C10H15N3O3/c1-6-9(12-16-11-6)10(15)13(2)5-8(14)7-3-4-7/h7-8,14H,3-5H2,1-2H3. The second kappa shape index (κ2) is 4.21. The molecular weight excluding hydrogens is 210 g/mol. The van der Waals surface area contributed by atoms with Gasteiger partial charge in [0.2, 0.25) is 0 Å². The van der Waals surface area contributed by atoms with Crippen LogP contribution in [0.15, 0.2) is 4.63 Å². The molecular formula is C10H15N3O3. The van der Waals surface area contributed by atoms with Gasteiger partial charge in [-0.3, -0.25) is 4.79 Å². The Morgan fingerprint density at radius 2 is 2.31 bits per heavy atom. The summed E-state index contributed by atoms with van der Waals surface area (Å²) in [5, 5.41) is 16.8. The predicted molar refractivity (Wildman–Crippen MR) is 54.7 cm³/mol. The van der Waals surface area contributed by atoms with Gasteiger partial charge in [0, 0.05) is 13.6 Å². The van der Waals surface area contributed by atoms with Crippen LogP contribution in [0.4, 0.5) is 0 Å². The fraction of sp³-hybridized carbons (Fsp3) is 0.700. The zero-order chi connectivity index (χ0) is 11.7. The van der Waals surface area contributed by atoms with E-state index in [0.717, 1.165) is 12.8 Å². The van der Waals surface area contributed by atoms with E-state index in [1.165, 1.54) is 4.90 Å². The van der Waals surface area contributed by atoms with Crippen LogP contribution in [-0.2, 0) is 0 Å². The summed E-state index contributed by atoms with van der Waals surface area (Å²) in [7, 11) is 1.64. The average molecular weight is 225 g/mol. The average Bonchev–Trinajstić information content (AvgIpc) is 3.01. The number of aliphatic hydroxyl groups is 1. The molecule has 1 atom stereocenters. The Hall–Kier alpha value is -1.43. The molecule has 0 radical (unpaired) electrons. The van der Waals surface area contributed by atoms with Crippen LogP contribution in [0.1, 0.15) is 29.0 Å². The molecule has 0 aromatic carbocycles. The van der Waals surface area contributed by atoms with Crippen LogP contribution in [-0.4, -0.2) is 45.9 Å². The van der Waals surface area contributed by atoms with Gasteiger partial charge in [-0.15, -0.1) is 0 Å². The van der Waals surface area contributed by atoms with E-state index in [2.05, 4.69) is 14.9 Å². The smallest absolute Gasteiger partial charge is 0.277 e. The minimum absolute atomic E-state index is 0.213. The number of carbonyl (C=O) groups is 1. The topological polar surface area (TPSA) is 79.5 Å². The van der Waals surface area contributed by atoms with Gasteiger partial charge in [0.25, 0.3) is 5.91 Å². The highest BCUT2D eigenvalue weighted by Crippen LogP contribution is 2.32. The fourth-order valence-corrected chi connectivity index (χ4v) is 1.60. The number of hydrogen-bond acceptors (Lipinski definition) is 5. The summed E-state index contributed by atoms with van der Waals surface area (Å²) >= 11 is 0. The van der Waals surface area contributed by atoms with E-state index in [1.807, 2.05) is 0 Å². The van der Waals surface area contributed by atoms with E-state index in [-0.39, 0.29) is 11.6 Å². The van der Waals surface area contributed by atoms with E-state index >= 15 is 0 Å². The van der Waals surface area contributed by atoms with Crippen LogP contribution in [0.5, 0.6) is 0 Å². The largest absolute Gasteiger partial charge is 0.391 e. The molecule has 0 spiro atoms. The maximum atomic E-state index is 11.9. The van der Waals surface area contributed by atoms with Crippen molar-refractivity contribution in [3.05, 3.63) is 11.4 Å². The van der Waals surface area contributed by atoms with Gasteiger partial charge in [-0.05, 0) is 30.8 Å². The third-order valence-electron chi connectivity index (χ3n) is 2.83. The van der Waals surface area contributed by atoms with Crippen LogP contribution in [0.3, 0.4) is 0 Å². The fourth-order valence-electron chi connectivity index (χ4n) is 1.60. The first-order valence-corrected chi connectivity index (χ1v) is 5.32. The van der Waals surface area contributed by atoms with Gasteiger partial charge in [-0.1, -0.05) is 5.16 Å². The van der Waals surface area contributed by atoms with Crippen molar-refractivity contribution in [2.24, 2.45) is 5.92 Å². The lowest BCUT2D eigenvalue weighted by Crippen LogP contribution is -2.35. The van der Waals surface area contributed by atoms with Crippen molar-refractivity contribution in [3.63, 3.8) is 0 Å². The maximum Gasteiger partial charge on any atom is 0.277 e. The summed E-state index contributed by atoms with van der Waals surface area (Å²) in [5.41, 5.74) is 0.684. The van der Waals surface area contributed by atoms with Gasteiger partial charge in [0.1, 0.15) is 5.69 Å². The lowest BCUT2D eigenvalue weighted by Gasteiger charge is -2.19. The Balaban J connectivity index is 1.96. The summed E-state index contributed by atoms with van der Waals surface area (Å²) < 4.78 is 4.47. The van der Waals surface area contributed by atoms with E-state index in [1.54, 1.807) is 14.0 Å². The van der Waals surface area contributed by atoms with Crippen molar-refractivity contribution in [1.82, 2.24) is 15.2 Å². The number of rotatable bonds is 4. The van der Waals surface area contributed by atoms with E-state index < -0.39 is 6.10 Å². The minimum atomic E-state index is -0.436. The first kappa shape index (κ1) is 11.1. The number of amides is 1. The number of aromatic nitrogens is 2. The molecule has 1 saturated carbocycles. The predicted octanol–water partition coefficient (Wildman–Crippen LogP) is 0.221. The highest BCUT2D eigenvalue weighted by molar-refractivity contribution is 5.92. The van der Waals surface area contributed by atoms with Gasteiger partial charge >= 0.3 is 0 Å². The van der Waals surface area contributed by atoms with Crippen LogP contribution in [0.2, 0.25) is 0 Å². The molecule has 1 aliphatic carbocycles. The summed E-state index contributed by atoms with van der Waals surface area (Å²) in [5.74, 6) is 0.0882. The van der Waals surface area contributed by atoms with Gasteiger partial charge < -0.3 is 10.0 Å². The van der Waals surface area contributed by atoms with Crippen molar-refractivity contribution in [3.8, 4) is 0 Å². The lowest BCUT2D eigenvalue weighted by atomic mass is 10.2. The molecule has 1 aliphatic rings. The number of likely N-dealkylation sites (N-methyl/N-ethyl adjacent to an activating group) is 1. The number of aryl methyl sites for hydroxylation is 1. The van der Waals surface area contributed by atoms with Gasteiger partial charge in [0.05, 0.1) is 6.10 Å². The van der Waals surface area contributed by atoms with E-state index in [0.29, 0.717) is 18.2 Å². The van der Waals surface area contributed by atoms with Crippen molar-refractivity contribution >= 4 is 5.91 Å². The van der Waals surface area contributed by atoms with Gasteiger partial charge in [-0.2, -0.15) is 0 Å². The van der Waals surface area contributed by atoms with Crippen molar-refractivity contribution < 1.29 is 14.5 Å².